The van der Waals surface area contributed by atoms with E-state index in [0.29, 0.717) is 23.9 Å². The van der Waals surface area contributed by atoms with Gasteiger partial charge in [-0.3, -0.25) is 9.59 Å². The Morgan fingerprint density at radius 2 is 2.18 bits per heavy atom. The third-order valence-corrected chi connectivity index (χ3v) is 5.91. The van der Waals surface area contributed by atoms with Gasteiger partial charge in [-0.1, -0.05) is 11.2 Å². The van der Waals surface area contributed by atoms with E-state index in [1.54, 1.807) is 31.9 Å². The van der Waals surface area contributed by atoms with Gasteiger partial charge in [0.15, 0.2) is 5.82 Å². The summed E-state index contributed by atoms with van der Waals surface area (Å²) in [6.45, 7) is 6.24. The van der Waals surface area contributed by atoms with Crippen LogP contribution in [0.5, 0.6) is 5.75 Å². The van der Waals surface area contributed by atoms with Crippen LogP contribution in [0, 0.1) is 13.8 Å². The van der Waals surface area contributed by atoms with E-state index < -0.39 is 5.25 Å². The van der Waals surface area contributed by atoms with E-state index in [1.165, 1.54) is 11.8 Å². The first kappa shape index (κ1) is 20.3. The van der Waals surface area contributed by atoms with Crippen LogP contribution in [0.3, 0.4) is 0 Å². The number of carbonyl (C=O) groups is 2. The molecule has 2 amide bonds. The summed E-state index contributed by atoms with van der Waals surface area (Å²) >= 11 is 1.30. The third-order valence-electron chi connectivity index (χ3n) is 4.78. The SMILES string of the molecule is COc1ccc(C)c2c1N(C(=O)CSC(C)C(=O)Nc1cc(C)on1)CCC2. The van der Waals surface area contributed by atoms with Crippen molar-refractivity contribution in [3.05, 3.63) is 35.1 Å². The average Bonchev–Trinajstić information content (AvgIpc) is 3.10. The summed E-state index contributed by atoms with van der Waals surface area (Å²) in [6, 6.07) is 5.58. The first-order valence-corrected chi connectivity index (χ1v) is 10.3. The lowest BCUT2D eigenvalue weighted by molar-refractivity contribution is -0.116. The van der Waals surface area contributed by atoms with Crippen LogP contribution in [-0.2, 0) is 16.0 Å². The number of aromatic nitrogens is 1. The number of hydrogen-bond donors (Lipinski definition) is 1. The molecule has 3 rings (SSSR count). The number of methoxy groups -OCH3 is 1. The molecule has 1 N–H and O–H groups in total. The number of amides is 2. The van der Waals surface area contributed by atoms with E-state index in [-0.39, 0.29) is 17.6 Å². The quantitative estimate of drug-likeness (QED) is 0.796. The van der Waals surface area contributed by atoms with Crippen LogP contribution in [0.2, 0.25) is 0 Å². The van der Waals surface area contributed by atoms with Crippen molar-refractivity contribution in [3.8, 4) is 5.75 Å². The van der Waals surface area contributed by atoms with Crippen LogP contribution in [-0.4, -0.2) is 41.6 Å². The molecule has 0 radical (unpaired) electrons. The molecule has 28 heavy (non-hydrogen) atoms. The number of fused-ring (bicyclic) bond motifs is 1. The second kappa shape index (κ2) is 8.68. The molecular weight excluding hydrogens is 378 g/mol. The minimum absolute atomic E-state index is 0.0215. The standard InChI is InChI=1S/C20H25N3O4S/c1-12-7-8-16(26-4)19-15(12)6-5-9-23(19)18(24)11-28-14(3)20(25)21-17-10-13(2)27-22-17/h7-8,10,14H,5-6,9,11H2,1-4H3,(H,21,22,25). The van der Waals surface area contributed by atoms with Gasteiger partial charge in [-0.25, -0.2) is 0 Å². The smallest absolute Gasteiger partial charge is 0.238 e. The molecule has 1 unspecified atom stereocenters. The number of rotatable bonds is 6. The Labute approximate surface area is 168 Å². The maximum atomic E-state index is 12.9. The highest BCUT2D eigenvalue weighted by molar-refractivity contribution is 8.01. The van der Waals surface area contributed by atoms with Gasteiger partial charge >= 0.3 is 0 Å². The van der Waals surface area contributed by atoms with Crippen LogP contribution >= 0.6 is 11.8 Å². The van der Waals surface area contributed by atoms with Gasteiger partial charge in [-0.15, -0.1) is 11.8 Å². The van der Waals surface area contributed by atoms with Crippen molar-refractivity contribution in [2.75, 3.05) is 29.6 Å². The maximum absolute atomic E-state index is 12.9. The zero-order valence-electron chi connectivity index (χ0n) is 16.6. The van der Waals surface area contributed by atoms with Crippen LogP contribution in [0.1, 0.15) is 30.2 Å². The summed E-state index contributed by atoms with van der Waals surface area (Å²) in [5.74, 6) is 1.70. The minimum Gasteiger partial charge on any atom is -0.495 e. The number of nitrogens with zero attached hydrogens (tertiary/aromatic N) is 2. The molecule has 1 aromatic heterocycles. The molecule has 0 spiro atoms. The zero-order chi connectivity index (χ0) is 20.3. The molecule has 1 atom stereocenters. The van der Waals surface area contributed by atoms with Crippen molar-refractivity contribution in [1.82, 2.24) is 5.16 Å². The van der Waals surface area contributed by atoms with E-state index >= 15 is 0 Å². The van der Waals surface area contributed by atoms with Gasteiger partial charge in [0.2, 0.25) is 11.8 Å². The number of aryl methyl sites for hydroxylation is 2. The van der Waals surface area contributed by atoms with E-state index in [9.17, 15) is 9.59 Å². The fourth-order valence-corrected chi connectivity index (χ4v) is 4.03. The van der Waals surface area contributed by atoms with Crippen molar-refractivity contribution >= 4 is 35.1 Å². The lowest BCUT2D eigenvalue weighted by atomic mass is 9.96. The molecule has 150 valence electrons. The normalized spacial score (nSPS) is 14.4. The summed E-state index contributed by atoms with van der Waals surface area (Å²) in [7, 11) is 1.62. The topological polar surface area (TPSA) is 84.7 Å². The van der Waals surface area contributed by atoms with Crippen molar-refractivity contribution in [3.63, 3.8) is 0 Å². The number of anilines is 2. The van der Waals surface area contributed by atoms with Crippen molar-refractivity contribution < 1.29 is 18.8 Å². The number of thioether (sulfide) groups is 1. The average molecular weight is 404 g/mol. The molecule has 0 saturated heterocycles. The van der Waals surface area contributed by atoms with Gasteiger partial charge in [0.25, 0.3) is 0 Å². The number of benzene rings is 1. The second-order valence-electron chi connectivity index (χ2n) is 6.83. The molecule has 1 aromatic carbocycles. The largest absolute Gasteiger partial charge is 0.495 e. The van der Waals surface area contributed by atoms with Crippen LogP contribution in [0.4, 0.5) is 11.5 Å². The maximum Gasteiger partial charge on any atom is 0.238 e. The Bertz CT molecular complexity index is 880. The van der Waals surface area contributed by atoms with Crippen LogP contribution in [0.15, 0.2) is 22.7 Å². The van der Waals surface area contributed by atoms with Gasteiger partial charge in [0.1, 0.15) is 11.5 Å². The summed E-state index contributed by atoms with van der Waals surface area (Å²) < 4.78 is 10.4. The molecule has 2 heterocycles. The molecule has 0 aliphatic carbocycles. The lowest BCUT2D eigenvalue weighted by Gasteiger charge is -2.32. The van der Waals surface area contributed by atoms with Gasteiger partial charge < -0.3 is 19.5 Å². The summed E-state index contributed by atoms with van der Waals surface area (Å²) in [4.78, 5) is 27.0. The van der Waals surface area contributed by atoms with Crippen LogP contribution < -0.4 is 15.0 Å². The lowest BCUT2D eigenvalue weighted by Crippen LogP contribution is -2.38. The Morgan fingerprint density at radius 3 is 2.86 bits per heavy atom. The van der Waals surface area contributed by atoms with Crippen molar-refractivity contribution in [1.29, 1.82) is 0 Å². The molecule has 2 aromatic rings. The van der Waals surface area contributed by atoms with Crippen molar-refractivity contribution in [2.45, 2.75) is 38.9 Å². The fraction of sp³-hybridized carbons (Fsp3) is 0.450. The van der Waals surface area contributed by atoms with E-state index in [4.69, 9.17) is 9.26 Å². The first-order chi connectivity index (χ1) is 13.4. The zero-order valence-corrected chi connectivity index (χ0v) is 17.4. The minimum atomic E-state index is -0.398. The Balaban J connectivity index is 1.64. The molecule has 1 aliphatic rings. The molecule has 8 heteroatoms. The third kappa shape index (κ3) is 4.32. The molecule has 0 fully saturated rings. The highest BCUT2D eigenvalue weighted by atomic mass is 32.2. The predicted octanol–water partition coefficient (Wildman–Crippen LogP) is 3.34. The van der Waals surface area contributed by atoms with Gasteiger partial charge in [0, 0.05) is 12.6 Å². The second-order valence-corrected chi connectivity index (χ2v) is 8.16. The molecule has 0 bridgehead atoms. The number of hydrogen-bond acceptors (Lipinski definition) is 6. The summed E-state index contributed by atoms with van der Waals surface area (Å²) in [6.07, 6.45) is 1.85. The predicted molar refractivity (Wildman–Crippen MR) is 110 cm³/mol. The number of nitrogens with one attached hydrogen (secondary N) is 1. The van der Waals surface area contributed by atoms with E-state index in [2.05, 4.69) is 17.4 Å². The molecule has 1 aliphatic heterocycles. The van der Waals surface area contributed by atoms with Crippen LogP contribution in [0.25, 0.3) is 0 Å². The van der Waals surface area contributed by atoms with Gasteiger partial charge in [-0.2, -0.15) is 0 Å². The van der Waals surface area contributed by atoms with Gasteiger partial charge in [-0.05, 0) is 50.8 Å². The fourth-order valence-electron chi connectivity index (χ4n) is 3.27. The number of ether oxygens (including phenoxy) is 1. The Kier molecular flexibility index (Phi) is 6.28. The summed E-state index contributed by atoms with van der Waals surface area (Å²) in [5, 5.41) is 6.05. The number of carbonyl (C=O) groups excluding carboxylic acids is 2. The molecule has 7 nitrogen and oxygen atoms in total. The molecular formula is C20H25N3O4S. The first-order valence-electron chi connectivity index (χ1n) is 9.23. The molecule has 0 saturated carbocycles. The van der Waals surface area contributed by atoms with Gasteiger partial charge in [0.05, 0.1) is 23.8 Å². The highest BCUT2D eigenvalue weighted by Gasteiger charge is 2.28. The van der Waals surface area contributed by atoms with Crippen molar-refractivity contribution in [2.24, 2.45) is 0 Å². The summed E-state index contributed by atoms with van der Waals surface area (Å²) in [5.41, 5.74) is 3.20. The highest BCUT2D eigenvalue weighted by Crippen LogP contribution is 2.38. The van der Waals surface area contributed by atoms with E-state index in [0.717, 1.165) is 29.7 Å². The Morgan fingerprint density at radius 1 is 1.39 bits per heavy atom. The van der Waals surface area contributed by atoms with E-state index in [1.807, 2.05) is 12.1 Å². The monoisotopic (exact) mass is 403 g/mol. The Hall–Kier alpha value is -2.48.